The third kappa shape index (κ3) is 2.84. The van der Waals surface area contributed by atoms with Crippen molar-refractivity contribution in [2.24, 2.45) is 5.41 Å². The zero-order chi connectivity index (χ0) is 13.0. The lowest BCUT2D eigenvalue weighted by atomic mass is 9.71. The number of carboxylic acid groups (broad SMARTS) is 1. The minimum absolute atomic E-state index is 0.0158. The van der Waals surface area contributed by atoms with Crippen molar-refractivity contribution in [3.63, 3.8) is 0 Å². The van der Waals surface area contributed by atoms with Gasteiger partial charge in [0.15, 0.2) is 0 Å². The van der Waals surface area contributed by atoms with Crippen molar-refractivity contribution in [3.05, 3.63) is 5.51 Å². The van der Waals surface area contributed by atoms with Crippen molar-refractivity contribution >= 4 is 28.3 Å². The Morgan fingerprint density at radius 2 is 2.11 bits per heavy atom. The van der Waals surface area contributed by atoms with E-state index in [0.717, 1.165) is 19.3 Å². The van der Waals surface area contributed by atoms with Gasteiger partial charge < -0.3 is 10.4 Å². The van der Waals surface area contributed by atoms with Gasteiger partial charge >= 0.3 is 5.97 Å². The molecule has 0 aromatic carbocycles. The summed E-state index contributed by atoms with van der Waals surface area (Å²) in [7, 11) is 0. The van der Waals surface area contributed by atoms with Crippen LogP contribution in [0.2, 0.25) is 0 Å². The van der Waals surface area contributed by atoms with Crippen molar-refractivity contribution in [2.45, 2.75) is 38.5 Å². The zero-order valence-electron chi connectivity index (χ0n) is 9.89. The number of carbonyl (C=O) groups excluding carboxylic acids is 1. The molecule has 18 heavy (non-hydrogen) atoms. The number of anilines is 1. The second kappa shape index (κ2) is 5.43. The van der Waals surface area contributed by atoms with E-state index in [0.29, 0.717) is 18.0 Å². The molecule has 0 spiro atoms. The normalized spacial score (nSPS) is 18.2. The molecule has 0 unspecified atom stereocenters. The fourth-order valence-electron chi connectivity index (χ4n) is 2.39. The molecule has 1 aromatic heterocycles. The largest absolute Gasteiger partial charge is 0.481 e. The van der Waals surface area contributed by atoms with Crippen LogP contribution in [-0.4, -0.2) is 27.2 Å². The van der Waals surface area contributed by atoms with Crippen molar-refractivity contribution in [1.29, 1.82) is 0 Å². The molecule has 1 aromatic rings. The average molecular weight is 269 g/mol. The first-order chi connectivity index (χ1) is 8.62. The van der Waals surface area contributed by atoms with E-state index in [1.807, 2.05) is 0 Å². The number of rotatable bonds is 4. The Labute approximate surface area is 108 Å². The lowest BCUT2D eigenvalue weighted by molar-refractivity contribution is -0.153. The smallest absolute Gasteiger partial charge is 0.310 e. The molecule has 0 aliphatic heterocycles. The van der Waals surface area contributed by atoms with Crippen LogP contribution < -0.4 is 5.32 Å². The van der Waals surface area contributed by atoms with Gasteiger partial charge in [-0.15, -0.1) is 10.2 Å². The number of aliphatic carboxylic acids is 1. The van der Waals surface area contributed by atoms with E-state index in [2.05, 4.69) is 15.5 Å². The molecule has 2 N–H and O–H groups in total. The Bertz CT molecular complexity index is 427. The van der Waals surface area contributed by atoms with Crippen LogP contribution in [0.5, 0.6) is 0 Å². The maximum atomic E-state index is 11.9. The van der Waals surface area contributed by atoms with Crippen molar-refractivity contribution in [2.75, 3.05) is 5.32 Å². The summed E-state index contributed by atoms with van der Waals surface area (Å²) in [6.07, 6.45) is 3.96. The van der Waals surface area contributed by atoms with Crippen LogP contribution in [-0.2, 0) is 9.59 Å². The molecule has 1 heterocycles. The van der Waals surface area contributed by atoms with Gasteiger partial charge in [-0.1, -0.05) is 30.6 Å². The summed E-state index contributed by atoms with van der Waals surface area (Å²) in [4.78, 5) is 23.3. The highest BCUT2D eigenvalue weighted by Crippen LogP contribution is 2.39. The minimum atomic E-state index is -0.896. The molecule has 7 heteroatoms. The predicted molar refractivity (Wildman–Crippen MR) is 66.3 cm³/mol. The molecular weight excluding hydrogens is 254 g/mol. The van der Waals surface area contributed by atoms with Crippen LogP contribution in [0.3, 0.4) is 0 Å². The van der Waals surface area contributed by atoms with E-state index in [-0.39, 0.29) is 12.3 Å². The number of hydrogen-bond donors (Lipinski definition) is 2. The van der Waals surface area contributed by atoms with E-state index in [9.17, 15) is 14.7 Å². The molecular formula is C11H15N3O3S. The van der Waals surface area contributed by atoms with Crippen LogP contribution in [0.25, 0.3) is 0 Å². The molecule has 1 aliphatic rings. The molecule has 6 nitrogen and oxygen atoms in total. The van der Waals surface area contributed by atoms with Gasteiger partial charge in [-0.25, -0.2) is 0 Å². The van der Waals surface area contributed by atoms with Gasteiger partial charge in [0.05, 0.1) is 5.41 Å². The second-order valence-corrected chi connectivity index (χ2v) is 5.45. The molecule has 1 amide bonds. The van der Waals surface area contributed by atoms with Crippen molar-refractivity contribution in [3.8, 4) is 0 Å². The lowest BCUT2D eigenvalue weighted by Crippen LogP contribution is -2.37. The summed E-state index contributed by atoms with van der Waals surface area (Å²) in [6.45, 7) is 0. The van der Waals surface area contributed by atoms with E-state index in [1.165, 1.54) is 16.8 Å². The molecule has 0 saturated heterocycles. The quantitative estimate of drug-likeness (QED) is 0.871. The summed E-state index contributed by atoms with van der Waals surface area (Å²) in [5, 5.41) is 19.7. The summed E-state index contributed by atoms with van der Waals surface area (Å²) in [5.41, 5.74) is 0.621. The molecule has 0 atom stereocenters. The standard InChI is InChI=1S/C11H15N3O3S/c15-8(13-10-14-12-7-18-10)6-11(9(16)17)4-2-1-3-5-11/h7H,1-6H2,(H,16,17)(H,13,14,15). The maximum Gasteiger partial charge on any atom is 0.310 e. The van der Waals surface area contributed by atoms with E-state index in [4.69, 9.17) is 0 Å². The summed E-state index contributed by atoms with van der Waals surface area (Å²) in [6, 6.07) is 0. The van der Waals surface area contributed by atoms with Crippen LogP contribution in [0.4, 0.5) is 5.13 Å². The molecule has 0 radical (unpaired) electrons. The lowest BCUT2D eigenvalue weighted by Gasteiger charge is -2.32. The molecule has 98 valence electrons. The van der Waals surface area contributed by atoms with Gasteiger partial charge in [-0.05, 0) is 12.8 Å². The minimum Gasteiger partial charge on any atom is -0.481 e. The summed E-state index contributed by atoms with van der Waals surface area (Å²) < 4.78 is 0. The Kier molecular flexibility index (Phi) is 3.90. The number of nitrogens with one attached hydrogen (secondary N) is 1. The fraction of sp³-hybridized carbons (Fsp3) is 0.636. The van der Waals surface area contributed by atoms with E-state index in [1.54, 1.807) is 0 Å². The monoisotopic (exact) mass is 269 g/mol. The van der Waals surface area contributed by atoms with Crippen LogP contribution in [0.15, 0.2) is 5.51 Å². The predicted octanol–water partition coefficient (Wildman–Crippen LogP) is 1.90. The first kappa shape index (κ1) is 12.9. The summed E-state index contributed by atoms with van der Waals surface area (Å²) >= 11 is 1.22. The average Bonchev–Trinajstić information content (AvgIpc) is 2.82. The van der Waals surface area contributed by atoms with Gasteiger partial charge in [0.1, 0.15) is 5.51 Å². The summed E-state index contributed by atoms with van der Waals surface area (Å²) in [5.74, 6) is -1.16. The molecule has 0 bridgehead atoms. The topological polar surface area (TPSA) is 92.2 Å². The molecule has 1 aliphatic carbocycles. The number of nitrogens with zero attached hydrogens (tertiary/aromatic N) is 2. The third-order valence-electron chi connectivity index (χ3n) is 3.37. The Hall–Kier alpha value is -1.50. The molecule has 2 rings (SSSR count). The molecule has 1 fully saturated rings. The van der Waals surface area contributed by atoms with Gasteiger partial charge in [0.25, 0.3) is 0 Å². The highest BCUT2D eigenvalue weighted by Gasteiger charge is 2.41. The van der Waals surface area contributed by atoms with Crippen LogP contribution in [0, 0.1) is 5.41 Å². The second-order valence-electron chi connectivity index (χ2n) is 4.61. The Balaban J connectivity index is 2.00. The van der Waals surface area contributed by atoms with Gasteiger partial charge in [0.2, 0.25) is 11.0 Å². The van der Waals surface area contributed by atoms with Crippen LogP contribution in [0.1, 0.15) is 38.5 Å². The van der Waals surface area contributed by atoms with E-state index >= 15 is 0 Å². The fourth-order valence-corrected chi connectivity index (χ4v) is 2.85. The third-order valence-corrected chi connectivity index (χ3v) is 3.98. The van der Waals surface area contributed by atoms with Crippen LogP contribution >= 0.6 is 11.3 Å². The van der Waals surface area contributed by atoms with Gasteiger partial charge in [0, 0.05) is 6.42 Å². The number of amides is 1. The molecule has 1 saturated carbocycles. The zero-order valence-corrected chi connectivity index (χ0v) is 10.7. The van der Waals surface area contributed by atoms with Crippen molar-refractivity contribution < 1.29 is 14.7 Å². The first-order valence-corrected chi connectivity index (χ1v) is 6.80. The number of carbonyl (C=O) groups is 2. The first-order valence-electron chi connectivity index (χ1n) is 5.92. The maximum absolute atomic E-state index is 11.9. The van der Waals surface area contributed by atoms with Gasteiger partial charge in [-0.2, -0.15) is 0 Å². The van der Waals surface area contributed by atoms with E-state index < -0.39 is 11.4 Å². The Morgan fingerprint density at radius 1 is 1.39 bits per heavy atom. The van der Waals surface area contributed by atoms with Crippen molar-refractivity contribution in [1.82, 2.24) is 10.2 Å². The highest BCUT2D eigenvalue weighted by atomic mass is 32.1. The number of hydrogen-bond acceptors (Lipinski definition) is 5. The van der Waals surface area contributed by atoms with Gasteiger partial charge in [-0.3, -0.25) is 9.59 Å². The number of aromatic nitrogens is 2. The number of carboxylic acids is 1. The SMILES string of the molecule is O=C(CC1(C(=O)O)CCCCC1)Nc1nncs1. The highest BCUT2D eigenvalue weighted by molar-refractivity contribution is 7.13. The Morgan fingerprint density at radius 3 is 2.67 bits per heavy atom.